The maximum atomic E-state index is 4.36. The molecule has 4 nitrogen and oxygen atoms in total. The highest BCUT2D eigenvalue weighted by molar-refractivity contribution is 5.93. The molecule has 0 fully saturated rings. The van der Waals surface area contributed by atoms with Crippen LogP contribution in [0.3, 0.4) is 0 Å². The highest BCUT2D eigenvalue weighted by Crippen LogP contribution is 2.24. The van der Waals surface area contributed by atoms with E-state index in [0.29, 0.717) is 0 Å². The third-order valence-electron chi connectivity index (χ3n) is 2.34. The van der Waals surface area contributed by atoms with Crippen molar-refractivity contribution in [3.8, 4) is 11.3 Å². The molecule has 3 aromatic heterocycles. The summed E-state index contributed by atoms with van der Waals surface area (Å²) in [4.78, 5) is 8.45. The van der Waals surface area contributed by atoms with E-state index >= 15 is 0 Å². The molecule has 0 aromatic carbocycles. The van der Waals surface area contributed by atoms with Crippen molar-refractivity contribution in [1.82, 2.24) is 20.2 Å². The molecule has 72 valence electrons. The third kappa shape index (κ3) is 1.27. The number of nitrogens with one attached hydrogen (secondary N) is 1. The van der Waals surface area contributed by atoms with Crippen molar-refractivity contribution < 1.29 is 0 Å². The lowest BCUT2D eigenvalue weighted by Crippen LogP contribution is -1.84. The monoisotopic (exact) mass is 196 g/mol. The van der Waals surface area contributed by atoms with Crippen LogP contribution in [0.15, 0.2) is 43.1 Å². The van der Waals surface area contributed by atoms with E-state index in [0.717, 1.165) is 22.0 Å². The van der Waals surface area contributed by atoms with Crippen LogP contribution in [-0.2, 0) is 0 Å². The van der Waals surface area contributed by atoms with E-state index in [2.05, 4.69) is 20.2 Å². The number of nitrogens with zero attached hydrogens (tertiary/aromatic N) is 3. The summed E-state index contributed by atoms with van der Waals surface area (Å²) in [5.74, 6) is 0. The quantitative estimate of drug-likeness (QED) is 0.647. The van der Waals surface area contributed by atoms with Crippen LogP contribution in [0.4, 0.5) is 0 Å². The minimum absolute atomic E-state index is 0.934. The van der Waals surface area contributed by atoms with Gasteiger partial charge in [0.05, 0.1) is 11.9 Å². The molecule has 0 radical (unpaired) electrons. The van der Waals surface area contributed by atoms with Crippen LogP contribution in [0.2, 0.25) is 0 Å². The van der Waals surface area contributed by atoms with Crippen molar-refractivity contribution in [2.45, 2.75) is 0 Å². The summed E-state index contributed by atoms with van der Waals surface area (Å²) in [6.45, 7) is 0. The molecule has 0 bridgehead atoms. The van der Waals surface area contributed by atoms with E-state index in [1.807, 2.05) is 24.5 Å². The number of hydrogen-bond donors (Lipinski definition) is 1. The normalized spacial score (nSPS) is 10.7. The van der Waals surface area contributed by atoms with E-state index in [9.17, 15) is 0 Å². The Morgan fingerprint density at radius 3 is 2.93 bits per heavy atom. The van der Waals surface area contributed by atoms with Gasteiger partial charge in [0, 0.05) is 41.1 Å². The smallest absolute Gasteiger partial charge is 0.0812 e. The van der Waals surface area contributed by atoms with E-state index in [4.69, 9.17) is 0 Å². The third-order valence-corrected chi connectivity index (χ3v) is 2.34. The first kappa shape index (κ1) is 8.11. The highest BCUT2D eigenvalue weighted by Gasteiger charge is 2.05. The zero-order valence-electron chi connectivity index (χ0n) is 7.88. The minimum atomic E-state index is 0.934. The van der Waals surface area contributed by atoms with Crippen molar-refractivity contribution >= 4 is 10.8 Å². The molecule has 4 heteroatoms. The van der Waals surface area contributed by atoms with Gasteiger partial charge in [-0.2, -0.15) is 5.10 Å². The summed E-state index contributed by atoms with van der Waals surface area (Å²) >= 11 is 0. The first-order valence-corrected chi connectivity index (χ1v) is 4.63. The van der Waals surface area contributed by atoms with Crippen LogP contribution in [0, 0.1) is 0 Å². The lowest BCUT2D eigenvalue weighted by atomic mass is 10.1. The second-order valence-corrected chi connectivity index (χ2v) is 3.24. The lowest BCUT2D eigenvalue weighted by Gasteiger charge is -2.01. The summed E-state index contributed by atoms with van der Waals surface area (Å²) < 4.78 is 0. The molecule has 1 N–H and O–H groups in total. The summed E-state index contributed by atoms with van der Waals surface area (Å²) in [6.07, 6.45) is 8.99. The maximum absolute atomic E-state index is 4.36. The molecule has 0 saturated heterocycles. The van der Waals surface area contributed by atoms with Crippen molar-refractivity contribution in [2.75, 3.05) is 0 Å². The number of aromatic nitrogens is 4. The van der Waals surface area contributed by atoms with Gasteiger partial charge in [0.2, 0.25) is 0 Å². The van der Waals surface area contributed by atoms with Gasteiger partial charge in [0.1, 0.15) is 0 Å². The van der Waals surface area contributed by atoms with E-state index in [1.165, 1.54) is 0 Å². The molecule has 0 aliphatic heterocycles. The van der Waals surface area contributed by atoms with E-state index in [-0.39, 0.29) is 0 Å². The number of rotatable bonds is 1. The number of fused-ring (bicyclic) bond motifs is 1. The lowest BCUT2D eigenvalue weighted by molar-refractivity contribution is 1.09. The van der Waals surface area contributed by atoms with Gasteiger partial charge in [-0.1, -0.05) is 0 Å². The van der Waals surface area contributed by atoms with Crippen LogP contribution in [0.25, 0.3) is 22.0 Å². The van der Waals surface area contributed by atoms with Crippen LogP contribution in [0.5, 0.6) is 0 Å². The fraction of sp³-hybridized carbons (Fsp3) is 0. The molecule has 0 atom stereocenters. The molecular formula is C11H8N4. The molecule has 0 spiro atoms. The topological polar surface area (TPSA) is 54.5 Å². The fourth-order valence-electron chi connectivity index (χ4n) is 1.63. The van der Waals surface area contributed by atoms with Gasteiger partial charge in [-0.15, -0.1) is 0 Å². The molecule has 15 heavy (non-hydrogen) atoms. The van der Waals surface area contributed by atoms with Crippen LogP contribution in [-0.4, -0.2) is 20.2 Å². The molecule has 3 heterocycles. The van der Waals surface area contributed by atoms with Crippen LogP contribution >= 0.6 is 0 Å². The maximum Gasteiger partial charge on any atom is 0.0812 e. The molecule has 0 unspecified atom stereocenters. The van der Waals surface area contributed by atoms with Crippen molar-refractivity contribution in [2.24, 2.45) is 0 Å². The molecule has 0 amide bonds. The standard InChI is InChI=1S/C11H8N4/c1-4-13-11(9-6-14-15-7-9)10-2-3-12-5-8(1)10/h1-7H,(H,14,15). The Morgan fingerprint density at radius 2 is 2.07 bits per heavy atom. The zero-order valence-corrected chi connectivity index (χ0v) is 7.88. The summed E-state index contributed by atoms with van der Waals surface area (Å²) in [6, 6.07) is 3.91. The van der Waals surface area contributed by atoms with E-state index in [1.54, 1.807) is 18.6 Å². The minimum Gasteiger partial charge on any atom is -0.285 e. The first-order valence-electron chi connectivity index (χ1n) is 4.63. The molecule has 0 aliphatic rings. The predicted molar refractivity (Wildman–Crippen MR) is 57.1 cm³/mol. The largest absolute Gasteiger partial charge is 0.285 e. The molecular weight excluding hydrogens is 188 g/mol. The predicted octanol–water partition coefficient (Wildman–Crippen LogP) is 2.02. The van der Waals surface area contributed by atoms with Gasteiger partial charge in [-0.05, 0) is 12.1 Å². The molecule has 0 saturated carbocycles. The second kappa shape index (κ2) is 3.16. The summed E-state index contributed by atoms with van der Waals surface area (Å²) in [7, 11) is 0. The molecule has 3 aromatic rings. The summed E-state index contributed by atoms with van der Waals surface area (Å²) in [5.41, 5.74) is 1.93. The Labute approximate surface area is 86.0 Å². The number of hydrogen-bond acceptors (Lipinski definition) is 3. The summed E-state index contributed by atoms with van der Waals surface area (Å²) in [5, 5.41) is 8.89. The van der Waals surface area contributed by atoms with Crippen molar-refractivity contribution in [1.29, 1.82) is 0 Å². The van der Waals surface area contributed by atoms with Crippen molar-refractivity contribution in [3.63, 3.8) is 0 Å². The zero-order chi connectivity index (χ0) is 10.1. The highest BCUT2D eigenvalue weighted by atomic mass is 15.1. The second-order valence-electron chi connectivity index (χ2n) is 3.24. The Morgan fingerprint density at radius 1 is 1.07 bits per heavy atom. The van der Waals surface area contributed by atoms with Gasteiger partial charge in [0.25, 0.3) is 0 Å². The van der Waals surface area contributed by atoms with Gasteiger partial charge in [-0.25, -0.2) is 0 Å². The SMILES string of the molecule is c1cc2c(-c3cn[nH]c3)nccc2cn1. The van der Waals surface area contributed by atoms with Crippen LogP contribution in [0.1, 0.15) is 0 Å². The van der Waals surface area contributed by atoms with Gasteiger partial charge < -0.3 is 0 Å². The van der Waals surface area contributed by atoms with Crippen molar-refractivity contribution in [3.05, 3.63) is 43.1 Å². The fourth-order valence-corrected chi connectivity index (χ4v) is 1.63. The van der Waals surface area contributed by atoms with Crippen LogP contribution < -0.4 is 0 Å². The molecule has 3 rings (SSSR count). The Bertz CT molecular complexity index is 581. The Balaban J connectivity index is 2.36. The van der Waals surface area contributed by atoms with E-state index < -0.39 is 0 Å². The van der Waals surface area contributed by atoms with Gasteiger partial charge in [-0.3, -0.25) is 15.1 Å². The number of aromatic amines is 1. The number of pyridine rings is 2. The Kier molecular flexibility index (Phi) is 1.71. The average molecular weight is 196 g/mol. The average Bonchev–Trinajstić information content (AvgIpc) is 2.82. The molecule has 0 aliphatic carbocycles. The Hall–Kier alpha value is -2.23. The number of H-pyrrole nitrogens is 1. The first-order chi connectivity index (χ1) is 7.45. The van der Waals surface area contributed by atoms with Gasteiger partial charge in [0.15, 0.2) is 0 Å². The van der Waals surface area contributed by atoms with Gasteiger partial charge >= 0.3 is 0 Å².